The summed E-state index contributed by atoms with van der Waals surface area (Å²) >= 11 is 0. The minimum atomic E-state index is 0.343. The van der Waals surface area contributed by atoms with E-state index in [0.29, 0.717) is 11.8 Å². The van der Waals surface area contributed by atoms with Gasteiger partial charge in [-0.1, -0.05) is 38.3 Å². The average Bonchev–Trinajstić information content (AvgIpc) is 2.59. The minimum absolute atomic E-state index is 0.343. The van der Waals surface area contributed by atoms with Crippen molar-refractivity contribution < 1.29 is 14.9 Å². The van der Waals surface area contributed by atoms with Crippen LogP contribution in [-0.2, 0) is 4.74 Å². The molecular formula is C20H39NO3. The van der Waals surface area contributed by atoms with E-state index in [9.17, 15) is 0 Å². The van der Waals surface area contributed by atoms with Crippen molar-refractivity contribution in [3.63, 3.8) is 0 Å². The molecular weight excluding hydrogens is 302 g/mol. The molecule has 0 unspecified atom stereocenters. The first-order valence-corrected chi connectivity index (χ1v) is 8.41. The van der Waals surface area contributed by atoms with Crippen LogP contribution in [0.15, 0.2) is 49.0 Å². The molecule has 4 nitrogen and oxygen atoms in total. The lowest BCUT2D eigenvalue weighted by Crippen LogP contribution is -2.32. The monoisotopic (exact) mass is 341 g/mol. The summed E-state index contributed by atoms with van der Waals surface area (Å²) in [5.41, 5.74) is 0.833. The number of hydrogen-bond acceptors (Lipinski definition) is 4. The Labute approximate surface area is 149 Å². The van der Waals surface area contributed by atoms with Gasteiger partial charge in [-0.25, -0.2) is 0 Å². The molecule has 0 aliphatic carbocycles. The molecule has 0 rings (SSSR count). The highest BCUT2D eigenvalue weighted by Gasteiger charge is 2.11. The Kier molecular flexibility index (Phi) is 24.5. The number of hydrogen-bond donors (Lipinski definition) is 2. The fourth-order valence-electron chi connectivity index (χ4n) is 1.78. The number of ether oxygens (including phenoxy) is 1. The summed E-state index contributed by atoms with van der Waals surface area (Å²) in [6.45, 7) is 16.6. The topological polar surface area (TPSA) is 52.9 Å². The van der Waals surface area contributed by atoms with Crippen molar-refractivity contribution in [1.82, 2.24) is 4.90 Å². The Hall–Kier alpha value is -1.52. The Morgan fingerprint density at radius 1 is 1.25 bits per heavy atom. The van der Waals surface area contributed by atoms with Crippen LogP contribution in [0.2, 0.25) is 0 Å². The Balaban J connectivity index is -0.000000410. The van der Waals surface area contributed by atoms with E-state index in [0.717, 1.165) is 38.7 Å². The van der Waals surface area contributed by atoms with Crippen LogP contribution in [0, 0.1) is 0 Å². The maximum atomic E-state index is 8.63. The SMILES string of the molecule is C=C/C(C)=C(\C)O.C=COCC[C@H](C/C=C\C)N(C)CCC.CO. The molecule has 0 aromatic heterocycles. The molecule has 0 aromatic rings. The van der Waals surface area contributed by atoms with Gasteiger partial charge in [0, 0.05) is 13.2 Å². The predicted octanol–water partition coefficient (Wildman–Crippen LogP) is 4.85. The van der Waals surface area contributed by atoms with E-state index in [-0.39, 0.29) is 0 Å². The number of aliphatic hydroxyl groups is 2. The van der Waals surface area contributed by atoms with Gasteiger partial charge in [0.2, 0.25) is 0 Å². The molecule has 0 radical (unpaired) electrons. The van der Waals surface area contributed by atoms with Gasteiger partial charge in [0.05, 0.1) is 18.6 Å². The van der Waals surface area contributed by atoms with Crippen molar-refractivity contribution in [2.75, 3.05) is 27.3 Å². The van der Waals surface area contributed by atoms with Crippen LogP contribution in [0.3, 0.4) is 0 Å². The summed E-state index contributed by atoms with van der Waals surface area (Å²) in [7, 11) is 3.19. The van der Waals surface area contributed by atoms with E-state index in [2.05, 4.69) is 51.1 Å². The summed E-state index contributed by atoms with van der Waals surface area (Å²) in [5.74, 6) is 0.343. The quantitative estimate of drug-likeness (QED) is 0.258. The first-order chi connectivity index (χ1) is 11.4. The van der Waals surface area contributed by atoms with Gasteiger partial charge in [-0.2, -0.15) is 0 Å². The summed E-state index contributed by atoms with van der Waals surface area (Å²) in [4.78, 5) is 2.41. The Bertz CT molecular complexity index is 345. The van der Waals surface area contributed by atoms with Crippen molar-refractivity contribution in [3.05, 3.63) is 49.0 Å². The number of nitrogens with zero attached hydrogens (tertiary/aromatic N) is 1. The summed E-state index contributed by atoms with van der Waals surface area (Å²) in [6, 6.07) is 0.584. The third-order valence-corrected chi connectivity index (χ3v) is 3.41. The Morgan fingerprint density at radius 3 is 2.17 bits per heavy atom. The van der Waals surface area contributed by atoms with Gasteiger partial charge in [0.25, 0.3) is 0 Å². The molecule has 0 spiro atoms. The standard InChI is InChI=1S/C13H25NO.C6H10O.CH4O/c1-5-8-9-13(10-12-15-7-3)14(4)11-6-2;1-4-5(2)6(3)7;1-2/h5,7-8,13H,3,6,9-12H2,1-2,4H3;4,7H,1H2,2-3H3;2H,1H3/b8-5-;6-5+;/t13-;;/m0../s1. The highest BCUT2D eigenvalue weighted by atomic mass is 16.5. The van der Waals surface area contributed by atoms with E-state index in [4.69, 9.17) is 14.9 Å². The largest absolute Gasteiger partial charge is 0.512 e. The molecule has 24 heavy (non-hydrogen) atoms. The molecule has 142 valence electrons. The molecule has 0 aliphatic rings. The molecule has 0 saturated carbocycles. The number of aliphatic hydroxyl groups excluding tert-OH is 2. The molecule has 0 amide bonds. The molecule has 1 atom stereocenters. The van der Waals surface area contributed by atoms with Gasteiger partial charge in [-0.3, -0.25) is 0 Å². The van der Waals surface area contributed by atoms with Crippen LogP contribution >= 0.6 is 0 Å². The van der Waals surface area contributed by atoms with E-state index in [1.807, 2.05) is 6.92 Å². The molecule has 4 heteroatoms. The molecule has 0 fully saturated rings. The Morgan fingerprint density at radius 2 is 1.83 bits per heavy atom. The van der Waals surface area contributed by atoms with Crippen LogP contribution in [0.25, 0.3) is 0 Å². The van der Waals surface area contributed by atoms with Gasteiger partial charge in [0.1, 0.15) is 0 Å². The van der Waals surface area contributed by atoms with E-state index < -0.39 is 0 Å². The second-order valence-electron chi connectivity index (χ2n) is 5.24. The smallest absolute Gasteiger partial charge is 0.0920 e. The van der Waals surface area contributed by atoms with Crippen LogP contribution in [-0.4, -0.2) is 48.5 Å². The number of rotatable bonds is 10. The highest BCUT2D eigenvalue weighted by Crippen LogP contribution is 2.09. The second-order valence-corrected chi connectivity index (χ2v) is 5.24. The van der Waals surface area contributed by atoms with E-state index in [1.54, 1.807) is 13.0 Å². The van der Waals surface area contributed by atoms with Gasteiger partial charge >= 0.3 is 0 Å². The van der Waals surface area contributed by atoms with Gasteiger partial charge < -0.3 is 19.8 Å². The van der Waals surface area contributed by atoms with E-state index in [1.165, 1.54) is 12.7 Å². The van der Waals surface area contributed by atoms with Crippen LogP contribution in [0.5, 0.6) is 0 Å². The molecule has 0 bridgehead atoms. The second kappa shape index (κ2) is 21.5. The normalized spacial score (nSPS) is 12.3. The first-order valence-electron chi connectivity index (χ1n) is 8.41. The van der Waals surface area contributed by atoms with Gasteiger partial charge in [-0.15, -0.1) is 0 Å². The third-order valence-electron chi connectivity index (χ3n) is 3.41. The fraction of sp³-hybridized carbons (Fsp3) is 0.600. The van der Waals surface area contributed by atoms with Gasteiger partial charge in [0.15, 0.2) is 0 Å². The van der Waals surface area contributed by atoms with Crippen LogP contribution < -0.4 is 0 Å². The van der Waals surface area contributed by atoms with Gasteiger partial charge in [-0.05, 0) is 59.2 Å². The minimum Gasteiger partial charge on any atom is -0.512 e. The molecule has 0 heterocycles. The van der Waals surface area contributed by atoms with Crippen molar-refractivity contribution >= 4 is 0 Å². The van der Waals surface area contributed by atoms with Crippen LogP contribution in [0.4, 0.5) is 0 Å². The van der Waals surface area contributed by atoms with Crippen LogP contribution in [0.1, 0.15) is 47.0 Å². The average molecular weight is 342 g/mol. The molecule has 0 aromatic carbocycles. The first kappa shape index (κ1) is 27.3. The lowest BCUT2D eigenvalue weighted by molar-refractivity contribution is 0.172. The van der Waals surface area contributed by atoms with Crippen molar-refractivity contribution in [2.45, 2.75) is 53.0 Å². The lowest BCUT2D eigenvalue weighted by atomic mass is 10.1. The molecule has 2 N–H and O–H groups in total. The zero-order valence-electron chi connectivity index (χ0n) is 16.6. The summed E-state index contributed by atoms with van der Waals surface area (Å²) < 4.78 is 5.19. The lowest BCUT2D eigenvalue weighted by Gasteiger charge is -2.26. The molecule has 0 saturated heterocycles. The zero-order chi connectivity index (χ0) is 19.4. The molecule has 0 aliphatic heterocycles. The van der Waals surface area contributed by atoms with E-state index >= 15 is 0 Å². The van der Waals surface area contributed by atoms with Crippen molar-refractivity contribution in [1.29, 1.82) is 0 Å². The van der Waals surface area contributed by atoms with Crippen molar-refractivity contribution in [2.24, 2.45) is 0 Å². The fourth-order valence-corrected chi connectivity index (χ4v) is 1.78. The van der Waals surface area contributed by atoms with Crippen molar-refractivity contribution in [3.8, 4) is 0 Å². The summed E-state index contributed by atoms with van der Waals surface area (Å²) in [5, 5.41) is 15.6. The maximum absolute atomic E-state index is 8.63. The predicted molar refractivity (Wildman–Crippen MR) is 106 cm³/mol. The maximum Gasteiger partial charge on any atom is 0.0920 e. The summed E-state index contributed by atoms with van der Waals surface area (Å²) in [6.07, 6.45) is 10.8. The number of allylic oxidation sites excluding steroid dienone is 4. The highest BCUT2D eigenvalue weighted by molar-refractivity contribution is 5.14. The zero-order valence-corrected chi connectivity index (χ0v) is 16.6. The third kappa shape index (κ3) is 18.5.